The molecular weight excluding hydrogens is 337 g/mol. The molecule has 0 saturated heterocycles. The van der Waals surface area contributed by atoms with Crippen LogP contribution in [-0.2, 0) is 14.8 Å². The summed E-state index contributed by atoms with van der Waals surface area (Å²) in [5, 5.41) is 7.38. The number of hydrogen-bond donors (Lipinski definition) is 2. The Hall–Kier alpha value is -2.94. The summed E-state index contributed by atoms with van der Waals surface area (Å²) in [6.07, 6.45) is 1.60. The molecule has 0 spiro atoms. The Kier molecular flexibility index (Phi) is 3.94. The first-order valence-electron chi connectivity index (χ1n) is 6.74. The van der Waals surface area contributed by atoms with Crippen molar-refractivity contribution in [1.29, 1.82) is 0 Å². The lowest BCUT2D eigenvalue weighted by Gasteiger charge is -2.09. The summed E-state index contributed by atoms with van der Waals surface area (Å²) in [4.78, 5) is 11.1. The van der Waals surface area contributed by atoms with Crippen LogP contribution in [0.4, 0.5) is 10.1 Å². The number of nitrogens with one attached hydrogen (secondary N) is 2. The lowest BCUT2D eigenvalue weighted by molar-refractivity contribution is 0.0600. The normalized spacial score (nSPS) is 11.4. The fraction of sp³-hybridized carbons (Fsp3) is 0.0667. The summed E-state index contributed by atoms with van der Waals surface area (Å²) >= 11 is 0. The standard InChI is InChI=1S/C15H12FN3O4S/c1-23-15(20)10-4-11(16)6-13(5-10)24(21,22)19-12-3-2-9-8-17-18-14(9)7-12/h2-8,19H,1H3,(H,17,18). The molecule has 0 bridgehead atoms. The number of rotatable bonds is 4. The molecule has 1 aromatic heterocycles. The van der Waals surface area contributed by atoms with Crippen LogP contribution in [0, 0.1) is 5.82 Å². The van der Waals surface area contributed by atoms with Crippen LogP contribution in [0.2, 0.25) is 0 Å². The van der Waals surface area contributed by atoms with E-state index >= 15 is 0 Å². The molecule has 0 aliphatic heterocycles. The van der Waals surface area contributed by atoms with Gasteiger partial charge in [-0.15, -0.1) is 0 Å². The third-order valence-corrected chi connectivity index (χ3v) is 4.66. The molecule has 0 amide bonds. The highest BCUT2D eigenvalue weighted by atomic mass is 32.2. The van der Waals surface area contributed by atoms with Crippen LogP contribution < -0.4 is 4.72 Å². The van der Waals surface area contributed by atoms with Crippen molar-refractivity contribution in [3.63, 3.8) is 0 Å². The number of ether oxygens (including phenoxy) is 1. The van der Waals surface area contributed by atoms with Gasteiger partial charge in [-0.05, 0) is 36.4 Å². The first-order chi connectivity index (χ1) is 11.4. The Morgan fingerprint density at radius 2 is 2.04 bits per heavy atom. The van der Waals surface area contributed by atoms with Crippen LogP contribution in [0.25, 0.3) is 10.9 Å². The van der Waals surface area contributed by atoms with Gasteiger partial charge in [-0.3, -0.25) is 9.82 Å². The van der Waals surface area contributed by atoms with Crippen LogP contribution in [0.1, 0.15) is 10.4 Å². The largest absolute Gasteiger partial charge is 0.465 e. The number of halogens is 1. The predicted molar refractivity (Wildman–Crippen MR) is 84.6 cm³/mol. The van der Waals surface area contributed by atoms with Gasteiger partial charge >= 0.3 is 5.97 Å². The van der Waals surface area contributed by atoms with E-state index in [9.17, 15) is 17.6 Å². The summed E-state index contributed by atoms with van der Waals surface area (Å²) in [6.45, 7) is 0. The van der Waals surface area contributed by atoms with Gasteiger partial charge in [0.1, 0.15) is 5.82 Å². The number of aromatic amines is 1. The second kappa shape index (κ2) is 5.93. The van der Waals surface area contributed by atoms with Crippen molar-refractivity contribution in [2.24, 2.45) is 0 Å². The highest BCUT2D eigenvalue weighted by molar-refractivity contribution is 7.92. The molecule has 0 fully saturated rings. The number of carbonyl (C=O) groups excluding carboxylic acids is 1. The number of anilines is 1. The van der Waals surface area contributed by atoms with E-state index in [4.69, 9.17) is 0 Å². The number of H-pyrrole nitrogens is 1. The fourth-order valence-electron chi connectivity index (χ4n) is 2.17. The van der Waals surface area contributed by atoms with E-state index in [-0.39, 0.29) is 16.1 Å². The van der Waals surface area contributed by atoms with Gasteiger partial charge in [-0.1, -0.05) is 0 Å². The van der Waals surface area contributed by atoms with E-state index in [0.29, 0.717) is 5.52 Å². The second-order valence-corrected chi connectivity index (χ2v) is 6.63. The maximum Gasteiger partial charge on any atom is 0.337 e. The molecule has 1 heterocycles. The van der Waals surface area contributed by atoms with E-state index in [1.807, 2.05) is 0 Å². The maximum atomic E-state index is 13.6. The summed E-state index contributed by atoms with van der Waals surface area (Å²) in [6, 6.07) is 7.56. The first kappa shape index (κ1) is 15.9. The number of esters is 1. The Labute approximate surface area is 136 Å². The molecule has 0 aliphatic carbocycles. The summed E-state index contributed by atoms with van der Waals surface area (Å²) in [5.41, 5.74) is 0.724. The van der Waals surface area contributed by atoms with Crippen LogP contribution >= 0.6 is 0 Å². The highest BCUT2D eigenvalue weighted by Crippen LogP contribution is 2.22. The smallest absolute Gasteiger partial charge is 0.337 e. The van der Waals surface area contributed by atoms with Crippen molar-refractivity contribution in [3.8, 4) is 0 Å². The first-order valence-corrected chi connectivity index (χ1v) is 8.22. The van der Waals surface area contributed by atoms with E-state index in [2.05, 4.69) is 19.7 Å². The average molecular weight is 349 g/mol. The van der Waals surface area contributed by atoms with Crippen LogP contribution in [0.5, 0.6) is 0 Å². The van der Waals surface area contributed by atoms with Gasteiger partial charge in [0.05, 0.1) is 35.0 Å². The lowest BCUT2D eigenvalue weighted by Crippen LogP contribution is -2.14. The number of aromatic nitrogens is 2. The second-order valence-electron chi connectivity index (χ2n) is 4.94. The van der Waals surface area contributed by atoms with Crippen molar-refractivity contribution >= 4 is 32.6 Å². The molecule has 3 rings (SSSR count). The van der Waals surface area contributed by atoms with Crippen molar-refractivity contribution < 1.29 is 22.3 Å². The van der Waals surface area contributed by atoms with Crippen LogP contribution in [-0.4, -0.2) is 31.7 Å². The number of nitrogens with zero attached hydrogens (tertiary/aromatic N) is 1. The minimum absolute atomic E-state index is 0.193. The molecule has 0 atom stereocenters. The average Bonchev–Trinajstić information content (AvgIpc) is 3.00. The maximum absolute atomic E-state index is 13.6. The van der Waals surface area contributed by atoms with Gasteiger partial charge in [0.25, 0.3) is 10.0 Å². The molecule has 0 saturated carbocycles. The van der Waals surface area contributed by atoms with Crippen molar-refractivity contribution in [1.82, 2.24) is 10.2 Å². The minimum Gasteiger partial charge on any atom is -0.465 e. The number of sulfonamides is 1. The zero-order valence-electron chi connectivity index (χ0n) is 12.4. The molecule has 9 heteroatoms. The molecule has 24 heavy (non-hydrogen) atoms. The van der Waals surface area contributed by atoms with Crippen molar-refractivity contribution in [3.05, 3.63) is 54.0 Å². The van der Waals surface area contributed by atoms with E-state index in [1.165, 1.54) is 0 Å². The molecule has 2 N–H and O–H groups in total. The summed E-state index contributed by atoms with van der Waals surface area (Å²) in [7, 11) is -2.96. The number of hydrogen-bond acceptors (Lipinski definition) is 5. The van der Waals surface area contributed by atoms with Gasteiger partial charge in [-0.25, -0.2) is 17.6 Å². The van der Waals surface area contributed by atoms with Gasteiger partial charge in [0.2, 0.25) is 0 Å². The monoisotopic (exact) mass is 349 g/mol. The molecule has 7 nitrogen and oxygen atoms in total. The van der Waals surface area contributed by atoms with E-state index < -0.39 is 21.8 Å². The SMILES string of the molecule is COC(=O)c1cc(F)cc(S(=O)(=O)Nc2ccc3cn[nH]c3c2)c1. The van der Waals surface area contributed by atoms with Gasteiger partial charge in [0.15, 0.2) is 0 Å². The van der Waals surface area contributed by atoms with Crippen LogP contribution in [0.3, 0.4) is 0 Å². The minimum atomic E-state index is -4.08. The van der Waals surface area contributed by atoms with Gasteiger partial charge < -0.3 is 4.74 Å². The molecule has 0 unspecified atom stereocenters. The zero-order valence-corrected chi connectivity index (χ0v) is 13.2. The molecular formula is C15H12FN3O4S. The third-order valence-electron chi connectivity index (χ3n) is 3.30. The Morgan fingerprint density at radius 1 is 1.25 bits per heavy atom. The fourth-order valence-corrected chi connectivity index (χ4v) is 3.27. The van der Waals surface area contributed by atoms with Crippen molar-refractivity contribution in [2.45, 2.75) is 4.90 Å². The number of methoxy groups -OCH3 is 1. The summed E-state index contributed by atoms with van der Waals surface area (Å²) in [5.74, 6) is -1.69. The zero-order chi connectivity index (χ0) is 17.3. The lowest BCUT2D eigenvalue weighted by atomic mass is 10.2. The van der Waals surface area contributed by atoms with Gasteiger partial charge in [-0.2, -0.15) is 5.10 Å². The topological polar surface area (TPSA) is 101 Å². The number of fused-ring (bicyclic) bond motifs is 1. The van der Waals surface area contributed by atoms with Crippen molar-refractivity contribution in [2.75, 3.05) is 11.8 Å². The molecule has 3 aromatic rings. The number of benzene rings is 2. The van der Waals surface area contributed by atoms with Gasteiger partial charge in [0, 0.05) is 5.39 Å². The molecule has 0 aliphatic rings. The Bertz CT molecular complexity index is 1030. The number of carbonyl (C=O) groups is 1. The predicted octanol–water partition coefficient (Wildman–Crippen LogP) is 2.29. The Morgan fingerprint density at radius 3 is 2.79 bits per heavy atom. The quantitative estimate of drug-likeness (QED) is 0.704. The van der Waals surface area contributed by atoms with Crippen LogP contribution in [0.15, 0.2) is 47.5 Å². The molecule has 2 aromatic carbocycles. The molecule has 124 valence electrons. The van der Waals surface area contributed by atoms with E-state index in [0.717, 1.165) is 30.7 Å². The highest BCUT2D eigenvalue weighted by Gasteiger charge is 2.19. The van der Waals surface area contributed by atoms with E-state index in [1.54, 1.807) is 24.4 Å². The molecule has 0 radical (unpaired) electrons. The third kappa shape index (κ3) is 3.06. The summed E-state index contributed by atoms with van der Waals surface area (Å²) < 4.78 is 45.3. The Balaban J connectivity index is 1.97.